The number of aromatic nitrogens is 2. The van der Waals surface area contributed by atoms with Gasteiger partial charge in [-0.25, -0.2) is 0 Å². The lowest BCUT2D eigenvalue weighted by Gasteiger charge is -2.21. The van der Waals surface area contributed by atoms with E-state index in [2.05, 4.69) is 10.4 Å². The fraction of sp³-hybridized carbons (Fsp3) is 0.357. The number of benzene rings is 1. The van der Waals surface area contributed by atoms with Crippen LogP contribution in [0.1, 0.15) is 17.3 Å². The van der Waals surface area contributed by atoms with E-state index >= 15 is 0 Å². The van der Waals surface area contributed by atoms with Crippen LogP contribution in [0.4, 0.5) is 0 Å². The van der Waals surface area contributed by atoms with Crippen LogP contribution in [0.3, 0.4) is 0 Å². The normalized spacial score (nSPS) is 12.2. The van der Waals surface area contributed by atoms with Crippen molar-refractivity contribution in [2.24, 2.45) is 7.05 Å². The third kappa shape index (κ3) is 2.59. The maximum absolute atomic E-state index is 6.11. The van der Waals surface area contributed by atoms with Crippen molar-refractivity contribution in [1.82, 2.24) is 15.1 Å². The van der Waals surface area contributed by atoms with Crippen LogP contribution >= 0.6 is 11.6 Å². The summed E-state index contributed by atoms with van der Waals surface area (Å²) in [5.41, 5.74) is 1.85. The summed E-state index contributed by atoms with van der Waals surface area (Å²) >= 11 is 6.11. The second-order valence-corrected chi connectivity index (χ2v) is 4.77. The first-order valence-electron chi connectivity index (χ1n) is 6.19. The molecule has 1 unspecified atom stereocenters. The summed E-state index contributed by atoms with van der Waals surface area (Å²) < 4.78 is 12.6. The summed E-state index contributed by atoms with van der Waals surface area (Å²) in [5.74, 6) is 1.48. The Kier molecular flexibility index (Phi) is 4.52. The largest absolute Gasteiger partial charge is 0.496 e. The molecular weight excluding hydrogens is 278 g/mol. The van der Waals surface area contributed by atoms with E-state index in [1.807, 2.05) is 26.2 Å². The molecule has 0 saturated heterocycles. The highest BCUT2D eigenvalue weighted by Gasteiger charge is 2.24. The van der Waals surface area contributed by atoms with Gasteiger partial charge in [0.1, 0.15) is 11.4 Å². The molecule has 6 heteroatoms. The van der Waals surface area contributed by atoms with Crippen molar-refractivity contribution in [3.8, 4) is 11.5 Å². The smallest absolute Gasteiger partial charge is 0.161 e. The van der Waals surface area contributed by atoms with Gasteiger partial charge in [-0.3, -0.25) is 4.68 Å². The van der Waals surface area contributed by atoms with E-state index in [1.54, 1.807) is 31.2 Å². The second-order valence-electron chi connectivity index (χ2n) is 4.33. The van der Waals surface area contributed by atoms with Crippen LogP contribution in [0.5, 0.6) is 11.5 Å². The zero-order valence-corrected chi connectivity index (χ0v) is 12.7. The summed E-state index contributed by atoms with van der Waals surface area (Å²) in [6.07, 6.45) is 1.69. The average Bonchev–Trinajstić information content (AvgIpc) is 2.82. The van der Waals surface area contributed by atoms with Crippen molar-refractivity contribution in [2.45, 2.75) is 6.04 Å². The molecule has 1 heterocycles. The molecule has 0 aliphatic carbocycles. The van der Waals surface area contributed by atoms with E-state index in [0.29, 0.717) is 10.8 Å². The van der Waals surface area contributed by atoms with Crippen LogP contribution in [0.2, 0.25) is 5.02 Å². The molecule has 0 amide bonds. The Morgan fingerprint density at radius 2 is 1.95 bits per heavy atom. The minimum atomic E-state index is -0.133. The molecule has 0 spiro atoms. The number of aryl methyl sites for hydroxylation is 1. The Hall–Kier alpha value is -1.72. The first-order chi connectivity index (χ1) is 9.62. The first-order valence-corrected chi connectivity index (χ1v) is 6.56. The number of hydrogen-bond donors (Lipinski definition) is 1. The highest BCUT2D eigenvalue weighted by Crippen LogP contribution is 2.35. The van der Waals surface area contributed by atoms with E-state index in [0.717, 1.165) is 17.0 Å². The number of ether oxygens (including phenoxy) is 2. The molecule has 1 aromatic carbocycles. The van der Waals surface area contributed by atoms with Gasteiger partial charge in [0.15, 0.2) is 5.75 Å². The molecule has 1 N–H and O–H groups in total. The highest BCUT2D eigenvalue weighted by molar-refractivity contribution is 6.30. The molecule has 0 bridgehead atoms. The molecule has 1 atom stereocenters. The van der Waals surface area contributed by atoms with Crippen LogP contribution in [0.15, 0.2) is 24.4 Å². The molecule has 2 rings (SSSR count). The summed E-state index contributed by atoms with van der Waals surface area (Å²) in [6.45, 7) is 0. The van der Waals surface area contributed by atoms with Crippen molar-refractivity contribution in [2.75, 3.05) is 21.3 Å². The molecule has 108 valence electrons. The number of rotatable bonds is 5. The van der Waals surface area contributed by atoms with Crippen LogP contribution in [-0.4, -0.2) is 31.0 Å². The summed E-state index contributed by atoms with van der Waals surface area (Å²) in [7, 11) is 7.01. The molecule has 0 fully saturated rings. The molecule has 0 aliphatic heterocycles. The lowest BCUT2D eigenvalue weighted by atomic mass is 10.0. The molecule has 2 aromatic rings. The van der Waals surface area contributed by atoms with Crippen molar-refractivity contribution in [3.63, 3.8) is 0 Å². The van der Waals surface area contributed by atoms with Gasteiger partial charge in [0.25, 0.3) is 0 Å². The zero-order chi connectivity index (χ0) is 14.7. The predicted molar refractivity (Wildman–Crippen MR) is 78.7 cm³/mol. The first kappa shape index (κ1) is 14.7. The zero-order valence-electron chi connectivity index (χ0n) is 12.0. The molecular formula is C14H18ClN3O2. The summed E-state index contributed by atoms with van der Waals surface area (Å²) in [4.78, 5) is 0. The van der Waals surface area contributed by atoms with Gasteiger partial charge in [-0.1, -0.05) is 11.6 Å². The van der Waals surface area contributed by atoms with Gasteiger partial charge in [0, 0.05) is 17.6 Å². The lowest BCUT2D eigenvalue weighted by Crippen LogP contribution is -2.22. The van der Waals surface area contributed by atoms with E-state index < -0.39 is 0 Å². The van der Waals surface area contributed by atoms with Gasteiger partial charge in [-0.2, -0.15) is 5.10 Å². The Morgan fingerprint density at radius 1 is 1.25 bits per heavy atom. The summed E-state index contributed by atoms with van der Waals surface area (Å²) in [5, 5.41) is 8.15. The SMILES string of the molecule is CNC(c1cc(Cl)ccc1OC)c1c(OC)cnn1C. The van der Waals surface area contributed by atoms with Crippen molar-refractivity contribution in [3.05, 3.63) is 40.7 Å². The van der Waals surface area contributed by atoms with Crippen LogP contribution < -0.4 is 14.8 Å². The number of hydrogen-bond acceptors (Lipinski definition) is 4. The Morgan fingerprint density at radius 3 is 2.55 bits per heavy atom. The Bertz CT molecular complexity index is 598. The maximum atomic E-state index is 6.11. The van der Waals surface area contributed by atoms with Gasteiger partial charge < -0.3 is 14.8 Å². The van der Waals surface area contributed by atoms with Gasteiger partial charge in [-0.15, -0.1) is 0 Å². The Labute approximate surface area is 123 Å². The minimum Gasteiger partial charge on any atom is -0.496 e. The van der Waals surface area contributed by atoms with Gasteiger partial charge in [-0.05, 0) is 25.2 Å². The molecule has 20 heavy (non-hydrogen) atoms. The maximum Gasteiger partial charge on any atom is 0.161 e. The van der Waals surface area contributed by atoms with E-state index in [1.165, 1.54) is 0 Å². The molecule has 0 radical (unpaired) electrons. The van der Waals surface area contributed by atoms with E-state index in [-0.39, 0.29) is 6.04 Å². The van der Waals surface area contributed by atoms with Crippen molar-refractivity contribution in [1.29, 1.82) is 0 Å². The standard InChI is InChI=1S/C14H18ClN3O2/c1-16-13(14-12(20-4)8-17-18(14)2)10-7-9(15)5-6-11(10)19-3/h5-8,13,16H,1-4H3. The van der Waals surface area contributed by atoms with Crippen molar-refractivity contribution >= 4 is 11.6 Å². The predicted octanol–water partition coefficient (Wildman–Crippen LogP) is 2.40. The van der Waals surface area contributed by atoms with Gasteiger partial charge >= 0.3 is 0 Å². The van der Waals surface area contributed by atoms with Crippen molar-refractivity contribution < 1.29 is 9.47 Å². The molecule has 1 aromatic heterocycles. The number of halogens is 1. The third-order valence-corrected chi connectivity index (χ3v) is 3.47. The quantitative estimate of drug-likeness (QED) is 0.920. The third-order valence-electron chi connectivity index (χ3n) is 3.23. The van der Waals surface area contributed by atoms with E-state index in [9.17, 15) is 0 Å². The number of nitrogens with one attached hydrogen (secondary N) is 1. The van der Waals surface area contributed by atoms with Crippen LogP contribution in [-0.2, 0) is 7.05 Å². The average molecular weight is 296 g/mol. The lowest BCUT2D eigenvalue weighted by molar-refractivity contribution is 0.392. The van der Waals surface area contributed by atoms with Crippen LogP contribution in [0, 0.1) is 0 Å². The monoisotopic (exact) mass is 295 g/mol. The molecule has 0 saturated carbocycles. The van der Waals surface area contributed by atoms with Crippen LogP contribution in [0.25, 0.3) is 0 Å². The fourth-order valence-electron chi connectivity index (χ4n) is 2.28. The molecule has 5 nitrogen and oxygen atoms in total. The number of nitrogens with zero attached hydrogens (tertiary/aromatic N) is 2. The Balaban J connectivity index is 2.57. The van der Waals surface area contributed by atoms with Gasteiger partial charge in [0.05, 0.1) is 26.5 Å². The summed E-state index contributed by atoms with van der Waals surface area (Å²) in [6, 6.07) is 5.40. The fourth-order valence-corrected chi connectivity index (χ4v) is 2.46. The van der Waals surface area contributed by atoms with E-state index in [4.69, 9.17) is 21.1 Å². The minimum absolute atomic E-state index is 0.133. The molecule has 0 aliphatic rings. The number of methoxy groups -OCH3 is 2. The van der Waals surface area contributed by atoms with Gasteiger partial charge in [0.2, 0.25) is 0 Å². The second kappa shape index (κ2) is 6.15. The highest BCUT2D eigenvalue weighted by atomic mass is 35.5. The topological polar surface area (TPSA) is 48.3 Å².